The number of ether oxygens (including phenoxy) is 2. The molecule has 0 saturated carbocycles. The van der Waals surface area contributed by atoms with Gasteiger partial charge in [0.25, 0.3) is 0 Å². The molecule has 0 spiro atoms. The van der Waals surface area contributed by atoms with E-state index in [-0.39, 0.29) is 0 Å². The molecule has 0 saturated heterocycles. The van der Waals surface area contributed by atoms with Crippen LogP contribution in [-0.2, 0) is 11.3 Å². The minimum Gasteiger partial charge on any atom is -0.497 e. The van der Waals surface area contributed by atoms with Crippen molar-refractivity contribution in [3.8, 4) is 39.6 Å². The van der Waals surface area contributed by atoms with Gasteiger partial charge in [0.15, 0.2) is 0 Å². The second-order valence-corrected chi connectivity index (χ2v) is 8.71. The first-order valence-corrected chi connectivity index (χ1v) is 11.5. The van der Waals surface area contributed by atoms with Gasteiger partial charge >= 0.3 is 5.97 Å². The third-order valence-corrected chi connectivity index (χ3v) is 5.93. The van der Waals surface area contributed by atoms with Crippen molar-refractivity contribution < 1.29 is 19.1 Å². The first-order chi connectivity index (χ1) is 17.0. The zero-order valence-corrected chi connectivity index (χ0v) is 20.4. The van der Waals surface area contributed by atoms with E-state index in [1.54, 1.807) is 26.4 Å². The van der Waals surface area contributed by atoms with Crippen LogP contribution in [0.3, 0.4) is 0 Å². The third kappa shape index (κ3) is 4.93. The summed E-state index contributed by atoms with van der Waals surface area (Å²) in [4.78, 5) is 17.3. The Bertz CT molecular complexity index is 1310. The number of carbonyl (C=O) groups excluding carboxylic acids is 1. The highest BCUT2D eigenvalue weighted by Gasteiger charge is 2.23. The van der Waals surface area contributed by atoms with Gasteiger partial charge in [-0.15, -0.1) is 0 Å². The van der Waals surface area contributed by atoms with Gasteiger partial charge in [-0.2, -0.15) is 5.90 Å². The number of aromatic nitrogens is 1. The van der Waals surface area contributed by atoms with E-state index in [4.69, 9.17) is 15.4 Å². The molecular formula is C29H30N2O4. The van der Waals surface area contributed by atoms with Crippen molar-refractivity contribution in [2.45, 2.75) is 20.3 Å². The van der Waals surface area contributed by atoms with Gasteiger partial charge in [-0.25, -0.2) is 4.79 Å². The largest absolute Gasteiger partial charge is 0.497 e. The van der Waals surface area contributed by atoms with Gasteiger partial charge in [-0.3, -0.25) is 0 Å². The normalized spacial score (nSPS) is 10.9. The Balaban J connectivity index is 2.06. The minimum atomic E-state index is -0.587. The highest BCUT2D eigenvalue weighted by atomic mass is 16.7. The number of nitrogens with two attached hydrogens (primary N) is 1. The van der Waals surface area contributed by atoms with Crippen LogP contribution in [0.15, 0.2) is 78.9 Å². The maximum atomic E-state index is 12.6. The summed E-state index contributed by atoms with van der Waals surface area (Å²) in [5.41, 5.74) is 6.22. The topological polar surface area (TPSA) is 75.7 Å². The Kier molecular flexibility index (Phi) is 7.22. The van der Waals surface area contributed by atoms with Crippen LogP contribution in [0.5, 0.6) is 11.5 Å². The van der Waals surface area contributed by atoms with E-state index >= 15 is 0 Å². The average Bonchev–Trinajstić information content (AvgIpc) is 3.26. The number of methoxy groups -OCH3 is 2. The average molecular weight is 471 g/mol. The van der Waals surface area contributed by atoms with E-state index in [1.807, 2.05) is 60.7 Å². The predicted molar refractivity (Wildman–Crippen MR) is 138 cm³/mol. The molecule has 4 aromatic rings. The molecule has 0 aliphatic rings. The van der Waals surface area contributed by atoms with Gasteiger partial charge in [0, 0.05) is 11.3 Å². The number of rotatable bonds is 8. The minimum absolute atomic E-state index is 0.393. The molecule has 0 fully saturated rings. The summed E-state index contributed by atoms with van der Waals surface area (Å²) in [6, 6.07) is 25.5. The number of benzene rings is 3. The molecule has 0 atom stereocenters. The van der Waals surface area contributed by atoms with Crippen LogP contribution in [0.1, 0.15) is 29.9 Å². The van der Waals surface area contributed by atoms with E-state index in [2.05, 4.69) is 29.3 Å². The van der Waals surface area contributed by atoms with Crippen LogP contribution in [-0.4, -0.2) is 24.8 Å². The molecule has 0 amide bonds. The van der Waals surface area contributed by atoms with Gasteiger partial charge in [-0.05, 0) is 78.1 Å². The molecule has 0 aliphatic heterocycles. The molecule has 0 aliphatic carbocycles. The molecule has 2 N–H and O–H groups in total. The molecule has 1 heterocycles. The standard InChI is InChI=1S/C29H30N2O4/c1-19(2)17-22-18-26(20-9-13-23(33-3)14-10-20)28(21-11-15-24(34-4)16-12-21)31(22)27-8-6-5-7-25(27)29(32)35-30/h5-16,18-19H,17,30H2,1-4H3. The molecule has 35 heavy (non-hydrogen) atoms. The van der Waals surface area contributed by atoms with Gasteiger partial charge in [0.05, 0.1) is 31.2 Å². The summed E-state index contributed by atoms with van der Waals surface area (Å²) in [6.45, 7) is 4.36. The van der Waals surface area contributed by atoms with Gasteiger partial charge in [0.2, 0.25) is 0 Å². The Labute approximate surface area is 205 Å². The van der Waals surface area contributed by atoms with Crippen molar-refractivity contribution in [2.24, 2.45) is 11.8 Å². The lowest BCUT2D eigenvalue weighted by Gasteiger charge is -2.18. The molecule has 3 aromatic carbocycles. The van der Waals surface area contributed by atoms with Crippen molar-refractivity contribution >= 4 is 5.97 Å². The SMILES string of the molecule is COc1ccc(-c2cc(CC(C)C)n(-c3ccccc3C(=O)ON)c2-c2ccc(OC)cc2)cc1. The predicted octanol–water partition coefficient (Wildman–Crippen LogP) is 6.06. The van der Waals surface area contributed by atoms with Crippen LogP contribution in [0, 0.1) is 5.92 Å². The van der Waals surface area contributed by atoms with E-state index in [9.17, 15) is 4.79 Å². The maximum absolute atomic E-state index is 12.6. The molecule has 0 unspecified atom stereocenters. The number of hydrogen-bond donors (Lipinski definition) is 1. The molecule has 6 heteroatoms. The molecule has 6 nitrogen and oxygen atoms in total. The Morgan fingerprint density at radius 3 is 1.97 bits per heavy atom. The maximum Gasteiger partial charge on any atom is 0.358 e. The third-order valence-electron chi connectivity index (χ3n) is 5.93. The smallest absolute Gasteiger partial charge is 0.358 e. The fourth-order valence-electron chi connectivity index (χ4n) is 4.34. The molecule has 4 rings (SSSR count). The van der Waals surface area contributed by atoms with Gasteiger partial charge in [0.1, 0.15) is 11.5 Å². The summed E-state index contributed by atoms with van der Waals surface area (Å²) in [5.74, 6) is 6.66. The van der Waals surface area contributed by atoms with Crippen LogP contribution in [0.4, 0.5) is 0 Å². The fourth-order valence-corrected chi connectivity index (χ4v) is 4.34. The lowest BCUT2D eigenvalue weighted by molar-refractivity contribution is 0.0503. The number of nitrogens with zero attached hydrogens (tertiary/aromatic N) is 1. The van der Waals surface area contributed by atoms with Crippen molar-refractivity contribution in [3.05, 3.63) is 90.1 Å². The first-order valence-electron chi connectivity index (χ1n) is 11.5. The van der Waals surface area contributed by atoms with Gasteiger partial charge < -0.3 is 18.9 Å². The fraction of sp³-hybridized carbons (Fsp3) is 0.207. The van der Waals surface area contributed by atoms with E-state index < -0.39 is 5.97 Å². The van der Waals surface area contributed by atoms with Crippen LogP contribution in [0.2, 0.25) is 0 Å². The summed E-state index contributed by atoms with van der Waals surface area (Å²) >= 11 is 0. The quantitative estimate of drug-likeness (QED) is 0.317. The van der Waals surface area contributed by atoms with Crippen LogP contribution >= 0.6 is 0 Å². The second-order valence-electron chi connectivity index (χ2n) is 8.71. The highest BCUT2D eigenvalue weighted by molar-refractivity contribution is 5.95. The lowest BCUT2D eigenvalue weighted by Crippen LogP contribution is -2.15. The van der Waals surface area contributed by atoms with E-state index in [0.29, 0.717) is 17.2 Å². The van der Waals surface area contributed by atoms with Gasteiger partial charge in [-0.1, -0.05) is 38.1 Å². The zero-order valence-electron chi connectivity index (χ0n) is 20.4. The Hall–Kier alpha value is -4.03. The molecule has 1 aromatic heterocycles. The van der Waals surface area contributed by atoms with Crippen LogP contribution < -0.4 is 15.4 Å². The lowest BCUT2D eigenvalue weighted by atomic mass is 10.0. The zero-order chi connectivity index (χ0) is 24.9. The Morgan fingerprint density at radius 1 is 0.857 bits per heavy atom. The number of hydrogen-bond acceptors (Lipinski definition) is 5. The van der Waals surface area contributed by atoms with E-state index in [1.165, 1.54) is 0 Å². The first kappa shape index (κ1) is 24.1. The molecular weight excluding hydrogens is 440 g/mol. The van der Waals surface area contributed by atoms with Crippen molar-refractivity contribution in [3.63, 3.8) is 0 Å². The van der Waals surface area contributed by atoms with Crippen molar-refractivity contribution in [1.29, 1.82) is 0 Å². The second kappa shape index (κ2) is 10.5. The molecule has 180 valence electrons. The van der Waals surface area contributed by atoms with E-state index in [0.717, 1.165) is 46.0 Å². The summed E-state index contributed by atoms with van der Waals surface area (Å²) in [6.07, 6.45) is 0.811. The molecule has 0 radical (unpaired) electrons. The molecule has 0 bridgehead atoms. The summed E-state index contributed by atoms with van der Waals surface area (Å²) in [7, 11) is 3.30. The van der Waals surface area contributed by atoms with Crippen LogP contribution in [0.25, 0.3) is 28.1 Å². The van der Waals surface area contributed by atoms with Crippen molar-refractivity contribution in [1.82, 2.24) is 4.57 Å². The monoisotopic (exact) mass is 470 g/mol. The summed E-state index contributed by atoms with van der Waals surface area (Å²) in [5, 5.41) is 0. The van der Waals surface area contributed by atoms with Crippen molar-refractivity contribution in [2.75, 3.05) is 14.2 Å². The highest BCUT2D eigenvalue weighted by Crippen LogP contribution is 2.40. The number of para-hydroxylation sites is 1. The summed E-state index contributed by atoms with van der Waals surface area (Å²) < 4.78 is 12.9. The number of carbonyl (C=O) groups is 1. The Morgan fingerprint density at radius 2 is 1.43 bits per heavy atom.